The Labute approximate surface area is 218 Å². The molecule has 3 aromatic rings. The lowest BCUT2D eigenvalue weighted by atomic mass is 9.94. The van der Waals surface area contributed by atoms with Crippen LogP contribution in [-0.2, 0) is 20.3 Å². The van der Waals surface area contributed by atoms with E-state index in [1.807, 2.05) is 13.0 Å². The number of Topliss-reactive ketones (excluding diaryl/α,β-unsaturated/α-hetero) is 1. The summed E-state index contributed by atoms with van der Waals surface area (Å²) in [4.78, 5) is 47.8. The van der Waals surface area contributed by atoms with Crippen molar-refractivity contribution in [2.24, 2.45) is 5.92 Å². The third kappa shape index (κ3) is 6.41. The summed E-state index contributed by atoms with van der Waals surface area (Å²) < 4.78 is 30.2. The topological polar surface area (TPSA) is 160 Å². The highest BCUT2D eigenvalue weighted by molar-refractivity contribution is 7.90. The molecule has 0 aliphatic heterocycles. The minimum Gasteiger partial charge on any atom is -0.461 e. The Morgan fingerprint density at radius 1 is 1.19 bits per heavy atom. The first-order valence-electron chi connectivity index (χ1n) is 11.8. The average molecular weight is 546 g/mol. The largest absolute Gasteiger partial charge is 0.461 e. The molecule has 13 heteroatoms. The van der Waals surface area contributed by atoms with Crippen molar-refractivity contribution in [3.8, 4) is 0 Å². The molecule has 1 aliphatic rings. The number of rotatable bonds is 9. The molecule has 0 unspecified atom stereocenters. The molecule has 2 heterocycles. The number of urea groups is 1. The van der Waals surface area contributed by atoms with Crippen LogP contribution in [-0.4, -0.2) is 47.8 Å². The molecule has 0 radical (unpaired) electrons. The van der Waals surface area contributed by atoms with Crippen LogP contribution in [0.1, 0.15) is 64.7 Å². The first-order chi connectivity index (χ1) is 17.7. The average Bonchev–Trinajstić information content (AvgIpc) is 3.62. The molecular formula is C24H27N5O6S2. The first-order valence-corrected chi connectivity index (χ1v) is 14.3. The number of aryl methyl sites for hydroxylation is 1. The quantitative estimate of drug-likeness (QED) is 0.264. The van der Waals surface area contributed by atoms with Crippen molar-refractivity contribution in [2.75, 3.05) is 17.2 Å². The fourth-order valence-corrected chi connectivity index (χ4v) is 6.06. The smallest absolute Gasteiger partial charge is 0.356 e. The van der Waals surface area contributed by atoms with Gasteiger partial charge in [0.2, 0.25) is 15.0 Å². The predicted octanol–water partition coefficient (Wildman–Crippen LogP) is 4.34. The highest BCUT2D eigenvalue weighted by Crippen LogP contribution is 2.31. The summed E-state index contributed by atoms with van der Waals surface area (Å²) in [5, 5.41) is 6.61. The number of ether oxygens (including phenoxy) is 1. The number of ketones is 1. The van der Waals surface area contributed by atoms with Crippen LogP contribution in [0.4, 0.5) is 15.6 Å². The van der Waals surface area contributed by atoms with Crippen LogP contribution < -0.4 is 10.6 Å². The molecule has 196 valence electrons. The van der Waals surface area contributed by atoms with Gasteiger partial charge in [0.15, 0.2) is 10.9 Å². The van der Waals surface area contributed by atoms with Gasteiger partial charge in [-0.1, -0.05) is 24.5 Å². The van der Waals surface area contributed by atoms with Crippen LogP contribution in [0.15, 0.2) is 34.9 Å². The second kappa shape index (κ2) is 11.2. The summed E-state index contributed by atoms with van der Waals surface area (Å²) in [5.41, 5.74) is 1.94. The second-order valence-corrected chi connectivity index (χ2v) is 11.5. The Hall–Kier alpha value is -3.58. The lowest BCUT2D eigenvalue weighted by Gasteiger charge is -2.14. The monoisotopic (exact) mass is 545 g/mol. The summed E-state index contributed by atoms with van der Waals surface area (Å²) in [6, 6.07) is 4.70. The maximum absolute atomic E-state index is 13.0. The van der Waals surface area contributed by atoms with Gasteiger partial charge in [-0.2, -0.15) is 0 Å². The van der Waals surface area contributed by atoms with Crippen LogP contribution >= 0.6 is 11.3 Å². The van der Waals surface area contributed by atoms with Crippen molar-refractivity contribution in [3.63, 3.8) is 0 Å². The standard InChI is InChI=1S/C24H27N5O6S2/c1-3-35-21(31)19-11-25-24(28-19)37(33,34)13-16-12-36-23(26-16)29-22(32)27-18-9-8-14(2)10-17(18)20(30)15-6-4-5-7-15/h8-12,15H,3-7,13H2,1-2H3,(H,25,28)(H2,26,27,29,32). The third-order valence-electron chi connectivity index (χ3n) is 5.87. The SMILES string of the molecule is CCOC(=O)c1cnc(S(=O)(=O)Cc2csc(NC(=O)Nc3ccc(C)cc3C(=O)C3CCCC3)n2)[nH]1. The molecule has 3 N–H and O–H groups in total. The van der Waals surface area contributed by atoms with Crippen molar-refractivity contribution in [2.45, 2.75) is 50.4 Å². The number of carbonyl (C=O) groups excluding carboxylic acids is 3. The highest BCUT2D eigenvalue weighted by Gasteiger charge is 2.27. The molecule has 4 rings (SSSR count). The van der Waals surface area contributed by atoms with Crippen molar-refractivity contribution in [1.29, 1.82) is 0 Å². The third-order valence-corrected chi connectivity index (χ3v) is 8.15. The number of aromatic nitrogens is 3. The van der Waals surface area contributed by atoms with Crippen molar-refractivity contribution in [3.05, 3.63) is 52.3 Å². The minimum atomic E-state index is -3.93. The Kier molecular flexibility index (Phi) is 8.03. The zero-order valence-corrected chi connectivity index (χ0v) is 22.0. The molecule has 0 atom stereocenters. The highest BCUT2D eigenvalue weighted by atomic mass is 32.2. The lowest BCUT2D eigenvalue weighted by molar-refractivity contribution is 0.0519. The summed E-state index contributed by atoms with van der Waals surface area (Å²) in [6.45, 7) is 3.67. The number of nitrogens with one attached hydrogen (secondary N) is 3. The lowest BCUT2D eigenvalue weighted by Crippen LogP contribution is -2.22. The normalized spacial score (nSPS) is 13.9. The Morgan fingerprint density at radius 2 is 1.95 bits per heavy atom. The predicted molar refractivity (Wildman–Crippen MR) is 138 cm³/mol. The van der Waals surface area contributed by atoms with Crippen molar-refractivity contribution < 1.29 is 27.5 Å². The molecule has 1 fully saturated rings. The van der Waals surface area contributed by atoms with Gasteiger partial charge in [-0.05, 0) is 38.8 Å². The number of esters is 1. The van der Waals surface area contributed by atoms with Crippen molar-refractivity contribution >= 4 is 49.8 Å². The molecule has 2 amide bonds. The van der Waals surface area contributed by atoms with Gasteiger partial charge in [0.1, 0.15) is 11.4 Å². The second-order valence-electron chi connectivity index (χ2n) is 8.70. The van der Waals surface area contributed by atoms with E-state index in [-0.39, 0.29) is 40.0 Å². The summed E-state index contributed by atoms with van der Waals surface area (Å²) in [7, 11) is -3.93. The van der Waals surface area contributed by atoms with E-state index in [0.717, 1.165) is 48.8 Å². The van der Waals surface area contributed by atoms with E-state index in [9.17, 15) is 22.8 Å². The number of hydrogen-bond acceptors (Lipinski definition) is 9. The number of imidazole rings is 1. The van der Waals surface area contributed by atoms with Gasteiger partial charge < -0.3 is 15.0 Å². The number of sulfone groups is 1. The maximum Gasteiger partial charge on any atom is 0.356 e. The number of carbonyl (C=O) groups is 3. The minimum absolute atomic E-state index is 0.0299. The fourth-order valence-electron chi connectivity index (χ4n) is 4.10. The van der Waals surface area contributed by atoms with E-state index >= 15 is 0 Å². The van der Waals surface area contributed by atoms with E-state index in [2.05, 4.69) is 25.6 Å². The van der Waals surface area contributed by atoms with Gasteiger partial charge in [0, 0.05) is 16.9 Å². The van der Waals surface area contributed by atoms with E-state index < -0.39 is 27.6 Å². The van der Waals surface area contributed by atoms with E-state index in [0.29, 0.717) is 11.3 Å². The van der Waals surface area contributed by atoms with Gasteiger partial charge in [-0.25, -0.2) is 28.0 Å². The number of anilines is 2. The summed E-state index contributed by atoms with van der Waals surface area (Å²) >= 11 is 1.06. The van der Waals surface area contributed by atoms with Crippen LogP contribution in [0.2, 0.25) is 0 Å². The van der Waals surface area contributed by atoms with Crippen LogP contribution in [0, 0.1) is 12.8 Å². The van der Waals surface area contributed by atoms with Gasteiger partial charge >= 0.3 is 12.0 Å². The van der Waals surface area contributed by atoms with Crippen molar-refractivity contribution in [1.82, 2.24) is 15.0 Å². The Morgan fingerprint density at radius 3 is 2.68 bits per heavy atom. The van der Waals surface area contributed by atoms with E-state index in [1.165, 1.54) is 5.38 Å². The molecule has 1 aliphatic carbocycles. The number of nitrogens with zero attached hydrogens (tertiary/aromatic N) is 2. The Bertz CT molecular complexity index is 1420. The molecule has 1 saturated carbocycles. The summed E-state index contributed by atoms with van der Waals surface area (Å²) in [6.07, 6.45) is 4.86. The number of amides is 2. The first kappa shape index (κ1) is 26.5. The van der Waals surface area contributed by atoms with Crippen LogP contribution in [0.25, 0.3) is 0 Å². The van der Waals surface area contributed by atoms with Gasteiger partial charge in [0.25, 0.3) is 0 Å². The Balaban J connectivity index is 1.40. The number of benzene rings is 1. The molecule has 1 aromatic carbocycles. The number of aromatic amines is 1. The van der Waals surface area contributed by atoms with E-state index in [4.69, 9.17) is 4.74 Å². The van der Waals surface area contributed by atoms with Crippen LogP contribution in [0.5, 0.6) is 0 Å². The molecule has 0 spiro atoms. The number of H-pyrrole nitrogens is 1. The van der Waals surface area contributed by atoms with Gasteiger partial charge in [-0.3, -0.25) is 10.1 Å². The van der Waals surface area contributed by atoms with Gasteiger partial charge in [0.05, 0.1) is 24.2 Å². The molecule has 0 bridgehead atoms. The van der Waals surface area contributed by atoms with Gasteiger partial charge in [-0.15, -0.1) is 11.3 Å². The molecule has 37 heavy (non-hydrogen) atoms. The number of hydrogen-bond donors (Lipinski definition) is 3. The van der Waals surface area contributed by atoms with Crippen LogP contribution in [0.3, 0.4) is 0 Å². The van der Waals surface area contributed by atoms with E-state index in [1.54, 1.807) is 19.1 Å². The molecule has 11 nitrogen and oxygen atoms in total. The zero-order chi connectivity index (χ0) is 26.6. The molecular weight excluding hydrogens is 518 g/mol. The fraction of sp³-hybridized carbons (Fsp3) is 0.375. The number of thiazole rings is 1. The zero-order valence-electron chi connectivity index (χ0n) is 20.4. The summed E-state index contributed by atoms with van der Waals surface area (Å²) in [5.74, 6) is -1.19. The molecule has 0 saturated heterocycles. The maximum atomic E-state index is 13.0. The molecule has 2 aromatic heterocycles.